The lowest BCUT2D eigenvalue weighted by molar-refractivity contribution is 0.0696. The molecular formula is C13H13Cl2NO2. The lowest BCUT2D eigenvalue weighted by Crippen LogP contribution is -1.98. The molecule has 1 heterocycles. The molecule has 2 rings (SSSR count). The molecule has 0 radical (unpaired) electrons. The van der Waals surface area contributed by atoms with Gasteiger partial charge in [-0.25, -0.2) is 4.79 Å². The van der Waals surface area contributed by atoms with E-state index in [-0.39, 0.29) is 5.56 Å². The molecule has 0 saturated heterocycles. The number of nitrogens with zero attached hydrogens (tertiary/aromatic N) is 1. The summed E-state index contributed by atoms with van der Waals surface area (Å²) in [4.78, 5) is 14.9. The van der Waals surface area contributed by atoms with Gasteiger partial charge in [-0.05, 0) is 24.6 Å². The van der Waals surface area contributed by atoms with Crippen molar-refractivity contribution < 1.29 is 9.90 Å². The maximum Gasteiger partial charge on any atom is 0.337 e. The van der Waals surface area contributed by atoms with E-state index in [0.29, 0.717) is 20.9 Å². The van der Waals surface area contributed by atoms with Crippen LogP contribution in [-0.4, -0.2) is 16.1 Å². The fourth-order valence-corrected chi connectivity index (χ4v) is 1.98. The Morgan fingerprint density at radius 2 is 1.89 bits per heavy atom. The fraction of sp³-hybridized carbons (Fsp3) is 0.231. The van der Waals surface area contributed by atoms with E-state index in [1.807, 2.05) is 20.8 Å². The van der Waals surface area contributed by atoms with Crippen molar-refractivity contribution >= 4 is 40.1 Å². The van der Waals surface area contributed by atoms with Gasteiger partial charge >= 0.3 is 5.97 Å². The SMILES string of the molecule is CC.Cc1cc(Cl)c(Cl)c2cc(C(=O)O)cnc12. The van der Waals surface area contributed by atoms with Crippen molar-refractivity contribution in [2.75, 3.05) is 0 Å². The van der Waals surface area contributed by atoms with Gasteiger partial charge in [-0.3, -0.25) is 4.98 Å². The highest BCUT2D eigenvalue weighted by atomic mass is 35.5. The number of carbonyl (C=O) groups is 1. The highest BCUT2D eigenvalue weighted by Gasteiger charge is 2.11. The van der Waals surface area contributed by atoms with Crippen molar-refractivity contribution in [1.82, 2.24) is 4.98 Å². The molecule has 0 aliphatic carbocycles. The Kier molecular flexibility index (Phi) is 4.93. The first-order valence-electron chi connectivity index (χ1n) is 5.48. The molecule has 0 unspecified atom stereocenters. The molecule has 0 spiro atoms. The number of aryl methyl sites for hydroxylation is 1. The van der Waals surface area contributed by atoms with Crippen molar-refractivity contribution in [1.29, 1.82) is 0 Å². The second-order valence-corrected chi connectivity index (χ2v) is 4.20. The smallest absolute Gasteiger partial charge is 0.337 e. The van der Waals surface area contributed by atoms with Crippen LogP contribution in [0.4, 0.5) is 0 Å². The second-order valence-electron chi connectivity index (χ2n) is 3.41. The summed E-state index contributed by atoms with van der Waals surface area (Å²) in [6.45, 7) is 5.85. The number of aromatic nitrogens is 1. The summed E-state index contributed by atoms with van der Waals surface area (Å²) in [5.41, 5.74) is 1.62. The Bertz CT molecular complexity index is 597. The monoisotopic (exact) mass is 285 g/mol. The van der Waals surface area contributed by atoms with Crippen molar-refractivity contribution in [3.8, 4) is 0 Å². The lowest BCUT2D eigenvalue weighted by Gasteiger charge is -2.06. The molecule has 1 N–H and O–H groups in total. The molecule has 2 aromatic rings. The number of fused-ring (bicyclic) bond motifs is 1. The van der Waals surface area contributed by atoms with Gasteiger partial charge in [0.2, 0.25) is 0 Å². The molecule has 0 bridgehead atoms. The number of aromatic carboxylic acids is 1. The topological polar surface area (TPSA) is 50.2 Å². The predicted octanol–water partition coefficient (Wildman–Crippen LogP) is 4.57. The highest BCUT2D eigenvalue weighted by Crippen LogP contribution is 2.32. The standard InChI is InChI=1S/C11H7Cl2NO2.C2H6/c1-5-2-8(12)9(13)7-3-6(11(15)16)4-14-10(5)7;1-2/h2-4H,1H3,(H,15,16);1-2H3. The maximum absolute atomic E-state index is 10.8. The van der Waals surface area contributed by atoms with Gasteiger partial charge < -0.3 is 5.11 Å². The average molecular weight is 286 g/mol. The summed E-state index contributed by atoms with van der Waals surface area (Å²) in [5.74, 6) is -1.04. The molecule has 5 heteroatoms. The lowest BCUT2D eigenvalue weighted by atomic mass is 10.1. The molecule has 3 nitrogen and oxygen atoms in total. The molecule has 0 aliphatic heterocycles. The number of rotatable bonds is 1. The van der Waals surface area contributed by atoms with Crippen LogP contribution < -0.4 is 0 Å². The van der Waals surface area contributed by atoms with Crippen molar-refractivity contribution in [3.05, 3.63) is 39.5 Å². The number of carboxylic acid groups (broad SMARTS) is 1. The Morgan fingerprint density at radius 3 is 2.44 bits per heavy atom. The minimum Gasteiger partial charge on any atom is -0.478 e. The van der Waals surface area contributed by atoms with Crippen molar-refractivity contribution in [2.45, 2.75) is 20.8 Å². The Morgan fingerprint density at radius 1 is 1.28 bits per heavy atom. The number of halogens is 2. The first-order chi connectivity index (χ1) is 8.50. The minimum atomic E-state index is -1.04. The number of carboxylic acids is 1. The highest BCUT2D eigenvalue weighted by molar-refractivity contribution is 6.45. The van der Waals surface area contributed by atoms with Gasteiger partial charge in [0.1, 0.15) is 0 Å². The average Bonchev–Trinajstić information content (AvgIpc) is 2.38. The van der Waals surface area contributed by atoms with E-state index < -0.39 is 5.97 Å². The van der Waals surface area contributed by atoms with Gasteiger partial charge in [-0.2, -0.15) is 0 Å². The Balaban J connectivity index is 0.000000771. The van der Waals surface area contributed by atoms with Crippen LogP contribution in [0, 0.1) is 6.92 Å². The molecule has 1 aromatic carbocycles. The van der Waals surface area contributed by atoms with E-state index in [0.717, 1.165) is 5.56 Å². The zero-order chi connectivity index (χ0) is 13.9. The first-order valence-corrected chi connectivity index (χ1v) is 6.24. The molecule has 18 heavy (non-hydrogen) atoms. The summed E-state index contributed by atoms with van der Waals surface area (Å²) in [6.07, 6.45) is 1.31. The molecule has 0 saturated carbocycles. The molecule has 0 amide bonds. The van der Waals surface area contributed by atoms with E-state index >= 15 is 0 Å². The zero-order valence-corrected chi connectivity index (χ0v) is 11.8. The summed E-state index contributed by atoms with van der Waals surface area (Å²) in [7, 11) is 0. The summed E-state index contributed by atoms with van der Waals surface area (Å²) < 4.78 is 0. The largest absolute Gasteiger partial charge is 0.478 e. The quantitative estimate of drug-likeness (QED) is 0.835. The number of hydrogen-bond acceptors (Lipinski definition) is 2. The van der Waals surface area contributed by atoms with Gasteiger partial charge in [0.15, 0.2) is 0 Å². The van der Waals surface area contributed by atoms with E-state index in [4.69, 9.17) is 28.3 Å². The molecule has 0 aliphatic rings. The maximum atomic E-state index is 10.8. The second kappa shape index (κ2) is 6.03. The van der Waals surface area contributed by atoms with Crippen molar-refractivity contribution in [3.63, 3.8) is 0 Å². The van der Waals surface area contributed by atoms with Crippen LogP contribution in [0.5, 0.6) is 0 Å². The molecule has 96 valence electrons. The van der Waals surface area contributed by atoms with Gasteiger partial charge in [-0.1, -0.05) is 37.0 Å². The van der Waals surface area contributed by atoms with Crippen LogP contribution in [0.3, 0.4) is 0 Å². The van der Waals surface area contributed by atoms with Crippen LogP contribution in [0.1, 0.15) is 29.8 Å². The Hall–Kier alpha value is -1.32. The van der Waals surface area contributed by atoms with Gasteiger partial charge in [-0.15, -0.1) is 0 Å². The number of benzene rings is 1. The molecular weight excluding hydrogens is 273 g/mol. The molecule has 1 aromatic heterocycles. The van der Waals surface area contributed by atoms with Crippen LogP contribution in [0.2, 0.25) is 10.0 Å². The van der Waals surface area contributed by atoms with Crippen LogP contribution in [0.25, 0.3) is 10.9 Å². The first kappa shape index (κ1) is 14.7. The molecule has 0 fully saturated rings. The van der Waals surface area contributed by atoms with Crippen LogP contribution >= 0.6 is 23.2 Å². The normalized spacial score (nSPS) is 9.83. The van der Waals surface area contributed by atoms with Crippen molar-refractivity contribution in [2.24, 2.45) is 0 Å². The van der Waals surface area contributed by atoms with Gasteiger partial charge in [0, 0.05) is 11.6 Å². The number of hydrogen-bond donors (Lipinski definition) is 1. The Labute approximate surface area is 115 Å². The predicted molar refractivity (Wildman–Crippen MR) is 74.8 cm³/mol. The van der Waals surface area contributed by atoms with Gasteiger partial charge in [0.25, 0.3) is 0 Å². The third-order valence-electron chi connectivity index (χ3n) is 2.30. The summed E-state index contributed by atoms with van der Waals surface area (Å²) in [6, 6.07) is 3.19. The van der Waals surface area contributed by atoms with E-state index in [1.165, 1.54) is 12.3 Å². The van der Waals surface area contributed by atoms with Crippen LogP contribution in [-0.2, 0) is 0 Å². The molecule has 0 atom stereocenters. The summed E-state index contributed by atoms with van der Waals surface area (Å²) >= 11 is 11.9. The van der Waals surface area contributed by atoms with E-state index in [2.05, 4.69) is 4.98 Å². The van der Waals surface area contributed by atoms with Crippen LogP contribution in [0.15, 0.2) is 18.3 Å². The van der Waals surface area contributed by atoms with E-state index in [1.54, 1.807) is 6.07 Å². The minimum absolute atomic E-state index is 0.0936. The fourth-order valence-electron chi connectivity index (χ4n) is 1.51. The zero-order valence-electron chi connectivity index (χ0n) is 10.3. The van der Waals surface area contributed by atoms with Gasteiger partial charge in [0.05, 0.1) is 21.1 Å². The third-order valence-corrected chi connectivity index (χ3v) is 3.10. The number of pyridine rings is 1. The summed E-state index contributed by atoms with van der Waals surface area (Å²) in [5, 5.41) is 10.1. The van der Waals surface area contributed by atoms with E-state index in [9.17, 15) is 4.79 Å². The third kappa shape index (κ3) is 2.74.